The van der Waals surface area contributed by atoms with Gasteiger partial charge in [0.2, 0.25) is 11.8 Å². The molecule has 5 nitrogen and oxygen atoms in total. The highest BCUT2D eigenvalue weighted by molar-refractivity contribution is 8.00. The van der Waals surface area contributed by atoms with E-state index in [0.29, 0.717) is 13.1 Å². The van der Waals surface area contributed by atoms with Crippen LogP contribution in [0.1, 0.15) is 30.4 Å². The van der Waals surface area contributed by atoms with Crippen LogP contribution in [0, 0.1) is 5.82 Å². The Balaban J connectivity index is 1.35. The standard InChI is InChI=1S/C24H29FN2O3S/c1-17-13-20(19-5-7-21(25)8-6-19)14-27(17)24(29)16-31-15-23(28)26-12-11-18-3-9-22(30-2)10-4-18/h3-10,17,20H,11-16H2,1-2H3,(H,26,28)/t17-,20+/m0/s1. The number of hydrogen-bond acceptors (Lipinski definition) is 4. The minimum Gasteiger partial charge on any atom is -0.497 e. The van der Waals surface area contributed by atoms with E-state index in [0.717, 1.165) is 29.7 Å². The molecule has 0 unspecified atom stereocenters. The van der Waals surface area contributed by atoms with Crippen molar-refractivity contribution in [2.24, 2.45) is 0 Å². The second kappa shape index (κ2) is 11.2. The average Bonchev–Trinajstić information content (AvgIpc) is 3.16. The predicted octanol–water partition coefficient (Wildman–Crippen LogP) is 3.63. The van der Waals surface area contributed by atoms with Crippen LogP contribution in [0.3, 0.4) is 0 Å². The third-order valence-electron chi connectivity index (χ3n) is 5.59. The Kier molecular flexibility index (Phi) is 8.35. The fraction of sp³-hybridized carbons (Fsp3) is 0.417. The molecular weight excluding hydrogens is 415 g/mol. The molecule has 0 bridgehead atoms. The van der Waals surface area contributed by atoms with Crippen LogP contribution in [-0.2, 0) is 16.0 Å². The normalized spacial score (nSPS) is 18.1. The highest BCUT2D eigenvalue weighted by atomic mass is 32.2. The monoisotopic (exact) mass is 444 g/mol. The molecule has 2 aromatic rings. The number of rotatable bonds is 9. The van der Waals surface area contributed by atoms with Crippen molar-refractivity contribution in [2.75, 3.05) is 31.7 Å². The molecule has 1 saturated heterocycles. The maximum absolute atomic E-state index is 13.1. The first-order chi connectivity index (χ1) is 15.0. The third-order valence-corrected chi connectivity index (χ3v) is 6.51. The summed E-state index contributed by atoms with van der Waals surface area (Å²) in [6.07, 6.45) is 1.61. The number of ether oxygens (including phenoxy) is 1. The van der Waals surface area contributed by atoms with Gasteiger partial charge in [-0.15, -0.1) is 11.8 Å². The topological polar surface area (TPSA) is 58.6 Å². The van der Waals surface area contributed by atoms with Crippen LogP contribution in [-0.4, -0.2) is 54.5 Å². The zero-order valence-electron chi connectivity index (χ0n) is 18.0. The molecule has 1 aliphatic heterocycles. The number of carbonyl (C=O) groups excluding carboxylic acids is 2. The molecule has 166 valence electrons. The summed E-state index contributed by atoms with van der Waals surface area (Å²) in [4.78, 5) is 26.6. The van der Waals surface area contributed by atoms with Crippen LogP contribution in [0.25, 0.3) is 0 Å². The molecule has 0 radical (unpaired) electrons. The molecule has 0 aliphatic carbocycles. The third kappa shape index (κ3) is 6.72. The minimum atomic E-state index is -0.249. The molecule has 1 N–H and O–H groups in total. The van der Waals surface area contributed by atoms with Gasteiger partial charge in [0.15, 0.2) is 0 Å². The largest absolute Gasteiger partial charge is 0.497 e. The summed E-state index contributed by atoms with van der Waals surface area (Å²) in [5.41, 5.74) is 2.19. The maximum atomic E-state index is 13.1. The van der Waals surface area contributed by atoms with Gasteiger partial charge in [0.05, 0.1) is 18.6 Å². The van der Waals surface area contributed by atoms with E-state index >= 15 is 0 Å². The number of benzene rings is 2. The van der Waals surface area contributed by atoms with Gasteiger partial charge in [-0.2, -0.15) is 0 Å². The van der Waals surface area contributed by atoms with Crippen molar-refractivity contribution in [1.29, 1.82) is 0 Å². The molecule has 31 heavy (non-hydrogen) atoms. The van der Waals surface area contributed by atoms with Crippen molar-refractivity contribution in [2.45, 2.75) is 31.7 Å². The lowest BCUT2D eigenvalue weighted by atomic mass is 9.97. The molecule has 1 heterocycles. The second-order valence-corrected chi connectivity index (χ2v) is 8.81. The number of hydrogen-bond donors (Lipinski definition) is 1. The zero-order chi connectivity index (χ0) is 22.2. The van der Waals surface area contributed by atoms with E-state index < -0.39 is 0 Å². The van der Waals surface area contributed by atoms with E-state index in [-0.39, 0.29) is 41.1 Å². The van der Waals surface area contributed by atoms with E-state index in [1.165, 1.54) is 23.9 Å². The Bertz CT molecular complexity index is 873. The van der Waals surface area contributed by atoms with Gasteiger partial charge in [0, 0.05) is 25.0 Å². The molecule has 1 aliphatic rings. The van der Waals surface area contributed by atoms with Crippen molar-refractivity contribution < 1.29 is 18.7 Å². The molecule has 3 rings (SSSR count). The SMILES string of the molecule is COc1ccc(CCNC(=O)CSCC(=O)N2C[C@H](c3ccc(F)cc3)C[C@@H]2C)cc1. The van der Waals surface area contributed by atoms with Gasteiger partial charge < -0.3 is 15.0 Å². The second-order valence-electron chi connectivity index (χ2n) is 7.82. The summed E-state index contributed by atoms with van der Waals surface area (Å²) in [6, 6.07) is 14.4. The van der Waals surface area contributed by atoms with Crippen LogP contribution >= 0.6 is 11.8 Å². The van der Waals surface area contributed by atoms with Gasteiger partial charge in [-0.1, -0.05) is 24.3 Å². The van der Waals surface area contributed by atoms with E-state index in [9.17, 15) is 14.0 Å². The van der Waals surface area contributed by atoms with Crippen LogP contribution < -0.4 is 10.1 Å². The van der Waals surface area contributed by atoms with Gasteiger partial charge in [-0.05, 0) is 55.2 Å². The summed E-state index contributed by atoms with van der Waals surface area (Å²) in [5, 5.41) is 2.90. The molecule has 2 amide bonds. The summed E-state index contributed by atoms with van der Waals surface area (Å²) in [7, 11) is 1.63. The number of nitrogens with zero attached hydrogens (tertiary/aromatic N) is 1. The Labute approximate surface area is 187 Å². The summed E-state index contributed by atoms with van der Waals surface area (Å²) in [6.45, 7) is 3.24. The summed E-state index contributed by atoms with van der Waals surface area (Å²) >= 11 is 1.34. The highest BCUT2D eigenvalue weighted by Gasteiger charge is 2.32. The maximum Gasteiger partial charge on any atom is 0.232 e. The molecular formula is C24H29FN2O3S. The first-order valence-electron chi connectivity index (χ1n) is 10.5. The number of likely N-dealkylation sites (tertiary alicyclic amines) is 1. The Hall–Kier alpha value is -2.54. The lowest BCUT2D eigenvalue weighted by Crippen LogP contribution is -2.35. The van der Waals surface area contributed by atoms with Crippen LogP contribution in [0.5, 0.6) is 5.75 Å². The van der Waals surface area contributed by atoms with Crippen molar-refractivity contribution in [3.8, 4) is 5.75 Å². The van der Waals surface area contributed by atoms with Crippen molar-refractivity contribution in [3.63, 3.8) is 0 Å². The van der Waals surface area contributed by atoms with Crippen LogP contribution in [0.2, 0.25) is 0 Å². The molecule has 0 saturated carbocycles. The van der Waals surface area contributed by atoms with Crippen molar-refractivity contribution in [3.05, 3.63) is 65.5 Å². The summed E-state index contributed by atoms with van der Waals surface area (Å²) in [5.74, 6) is 1.32. The van der Waals surface area contributed by atoms with Crippen molar-refractivity contribution in [1.82, 2.24) is 10.2 Å². The molecule has 2 aromatic carbocycles. The molecule has 0 aromatic heterocycles. The number of thioether (sulfide) groups is 1. The van der Waals surface area contributed by atoms with Crippen molar-refractivity contribution >= 4 is 23.6 Å². The van der Waals surface area contributed by atoms with Gasteiger partial charge in [-0.25, -0.2) is 4.39 Å². The van der Waals surface area contributed by atoms with Gasteiger partial charge in [0.25, 0.3) is 0 Å². The fourth-order valence-corrected chi connectivity index (χ4v) is 4.59. The summed E-state index contributed by atoms with van der Waals surface area (Å²) < 4.78 is 18.3. The number of amides is 2. The smallest absolute Gasteiger partial charge is 0.232 e. The Morgan fingerprint density at radius 2 is 1.84 bits per heavy atom. The quantitative estimate of drug-likeness (QED) is 0.642. The van der Waals surface area contributed by atoms with Gasteiger partial charge in [-0.3, -0.25) is 9.59 Å². The van der Waals surface area contributed by atoms with Gasteiger partial charge >= 0.3 is 0 Å². The first-order valence-corrected chi connectivity index (χ1v) is 11.6. The first kappa shape index (κ1) is 23.1. The van der Waals surface area contributed by atoms with Crippen LogP contribution in [0.4, 0.5) is 4.39 Å². The fourth-order valence-electron chi connectivity index (χ4n) is 3.86. The van der Waals surface area contributed by atoms with Gasteiger partial charge in [0.1, 0.15) is 11.6 Å². The zero-order valence-corrected chi connectivity index (χ0v) is 18.8. The lowest BCUT2D eigenvalue weighted by molar-refractivity contribution is -0.128. The lowest BCUT2D eigenvalue weighted by Gasteiger charge is -2.21. The van der Waals surface area contributed by atoms with E-state index in [1.54, 1.807) is 19.2 Å². The van der Waals surface area contributed by atoms with E-state index in [2.05, 4.69) is 5.32 Å². The number of halogens is 1. The average molecular weight is 445 g/mol. The molecule has 7 heteroatoms. The predicted molar refractivity (Wildman–Crippen MR) is 122 cm³/mol. The van der Waals surface area contributed by atoms with E-state index in [1.807, 2.05) is 36.1 Å². The number of methoxy groups -OCH3 is 1. The van der Waals surface area contributed by atoms with Crippen LogP contribution in [0.15, 0.2) is 48.5 Å². The molecule has 0 spiro atoms. The molecule has 2 atom stereocenters. The Morgan fingerprint density at radius 3 is 2.52 bits per heavy atom. The van der Waals surface area contributed by atoms with E-state index in [4.69, 9.17) is 4.74 Å². The minimum absolute atomic E-state index is 0.0492. The highest BCUT2D eigenvalue weighted by Crippen LogP contribution is 2.32. The molecule has 1 fully saturated rings. The number of nitrogens with one attached hydrogen (secondary N) is 1. The Morgan fingerprint density at radius 1 is 1.13 bits per heavy atom. The number of carbonyl (C=O) groups is 2.